The number of aromatic nitrogens is 3. The van der Waals surface area contributed by atoms with E-state index in [1.54, 1.807) is 0 Å². The van der Waals surface area contributed by atoms with Crippen molar-refractivity contribution in [2.24, 2.45) is 10.8 Å². The van der Waals surface area contributed by atoms with Gasteiger partial charge in [0.25, 0.3) is 0 Å². The summed E-state index contributed by atoms with van der Waals surface area (Å²) >= 11 is 0. The van der Waals surface area contributed by atoms with Crippen LogP contribution in [0.2, 0.25) is 0 Å². The highest BCUT2D eigenvalue weighted by atomic mass is 19.1. The average molecular weight is 571 g/mol. The van der Waals surface area contributed by atoms with Crippen LogP contribution < -0.4 is 9.64 Å². The molecular weight excluding hydrogens is 531 g/mol. The monoisotopic (exact) mass is 570 g/mol. The van der Waals surface area contributed by atoms with E-state index in [4.69, 9.17) is 14.2 Å². The van der Waals surface area contributed by atoms with Crippen LogP contribution in [0.25, 0.3) is 11.1 Å². The summed E-state index contributed by atoms with van der Waals surface area (Å²) in [6.07, 6.45) is 14.2. The number of amides is 1. The summed E-state index contributed by atoms with van der Waals surface area (Å²) in [7, 11) is 0. The van der Waals surface area contributed by atoms with Crippen LogP contribution in [0.3, 0.4) is 0 Å². The van der Waals surface area contributed by atoms with Gasteiger partial charge >= 0.3 is 0 Å². The molecule has 0 spiro atoms. The molecule has 220 valence electrons. The van der Waals surface area contributed by atoms with Crippen molar-refractivity contribution in [3.63, 3.8) is 0 Å². The van der Waals surface area contributed by atoms with Crippen LogP contribution in [0.4, 0.5) is 10.1 Å². The number of benzene rings is 1. The van der Waals surface area contributed by atoms with Crippen molar-refractivity contribution in [2.75, 3.05) is 18.1 Å². The van der Waals surface area contributed by atoms with Crippen LogP contribution >= 0.6 is 0 Å². The largest absolute Gasteiger partial charge is 0.494 e. The van der Waals surface area contributed by atoms with E-state index in [0.717, 1.165) is 72.8 Å². The second-order valence-corrected chi connectivity index (χ2v) is 14.2. The summed E-state index contributed by atoms with van der Waals surface area (Å²) < 4.78 is 25.8. The number of nitrogens with zero attached hydrogens (tertiary/aromatic N) is 4. The number of carbonyl (C=O) groups is 1. The molecule has 0 aliphatic heterocycles. The molecule has 7 aliphatic rings. The highest BCUT2D eigenvalue weighted by Crippen LogP contribution is 2.71. The molecule has 0 atom stereocenters. The maximum Gasteiger partial charge on any atom is 0.232 e. The Morgan fingerprint density at radius 1 is 1.00 bits per heavy atom. The van der Waals surface area contributed by atoms with Gasteiger partial charge in [-0.3, -0.25) is 9.78 Å². The van der Waals surface area contributed by atoms with Crippen molar-refractivity contribution < 1.29 is 18.4 Å². The van der Waals surface area contributed by atoms with Gasteiger partial charge in [0.1, 0.15) is 11.4 Å². The summed E-state index contributed by atoms with van der Waals surface area (Å²) in [6, 6.07) is 10.1. The van der Waals surface area contributed by atoms with E-state index in [1.165, 1.54) is 12.8 Å². The fourth-order valence-electron chi connectivity index (χ4n) is 8.55. The third kappa shape index (κ3) is 4.44. The molecular formula is C34H39FN4O3. The Balaban J connectivity index is 1.04. The average Bonchev–Trinajstić information content (AvgIpc) is 3.71. The third-order valence-corrected chi connectivity index (χ3v) is 11.2. The summed E-state index contributed by atoms with van der Waals surface area (Å²) in [4.78, 5) is 25.5. The molecule has 0 saturated heterocycles. The summed E-state index contributed by atoms with van der Waals surface area (Å²) in [6.45, 7) is 3.27. The number of halogens is 1. The smallest absolute Gasteiger partial charge is 0.232 e. The van der Waals surface area contributed by atoms with Crippen LogP contribution in [0, 0.1) is 10.8 Å². The molecule has 0 N–H and O–H groups in total. The number of anilines is 1. The predicted molar refractivity (Wildman–Crippen MR) is 156 cm³/mol. The topological polar surface area (TPSA) is 81.3 Å². The Labute approximate surface area is 246 Å². The van der Waals surface area contributed by atoms with Crippen LogP contribution in [-0.2, 0) is 10.2 Å². The Bertz CT molecular complexity index is 1470. The lowest BCUT2D eigenvalue weighted by molar-refractivity contribution is -0.215. The van der Waals surface area contributed by atoms with Crippen molar-refractivity contribution in [3.05, 3.63) is 54.4 Å². The number of alkyl halides is 1. The number of rotatable bonds is 10. The van der Waals surface area contributed by atoms with E-state index < -0.39 is 5.67 Å². The SMILES string of the molecule is CCOc1ccc(-c2cncc(N(CC34CCC(c5nc(C6CC6)no5)(CC3)CC4)C(=O)CC34CC(F)(C3)C4)c2)cc1. The summed E-state index contributed by atoms with van der Waals surface area (Å²) in [5, 5.41) is 4.32. The second-order valence-electron chi connectivity index (χ2n) is 14.2. The number of hydrogen-bond donors (Lipinski definition) is 0. The highest BCUT2D eigenvalue weighted by molar-refractivity contribution is 5.94. The lowest BCUT2D eigenvalue weighted by atomic mass is 9.41. The van der Waals surface area contributed by atoms with Crippen LogP contribution in [0.15, 0.2) is 47.2 Å². The molecule has 1 amide bonds. The molecule has 7 aliphatic carbocycles. The molecule has 10 rings (SSSR count). The minimum atomic E-state index is -1.01. The number of pyridine rings is 1. The Morgan fingerprint density at radius 2 is 1.71 bits per heavy atom. The predicted octanol–water partition coefficient (Wildman–Crippen LogP) is 7.32. The zero-order chi connectivity index (χ0) is 28.6. The van der Waals surface area contributed by atoms with Crippen molar-refractivity contribution in [2.45, 2.75) is 101 Å². The van der Waals surface area contributed by atoms with Crippen molar-refractivity contribution in [1.82, 2.24) is 15.1 Å². The lowest BCUT2D eigenvalue weighted by Crippen LogP contribution is -2.65. The Morgan fingerprint density at radius 3 is 2.36 bits per heavy atom. The molecule has 0 unspecified atom stereocenters. The van der Waals surface area contributed by atoms with Gasteiger partial charge in [0, 0.05) is 36.1 Å². The van der Waals surface area contributed by atoms with Crippen molar-refractivity contribution in [3.8, 4) is 16.9 Å². The van der Waals surface area contributed by atoms with Crippen molar-refractivity contribution in [1.29, 1.82) is 0 Å². The van der Waals surface area contributed by atoms with E-state index in [2.05, 4.69) is 16.2 Å². The molecule has 2 heterocycles. The van der Waals surface area contributed by atoms with Crippen LogP contribution in [0.5, 0.6) is 5.75 Å². The molecule has 4 bridgehead atoms. The summed E-state index contributed by atoms with van der Waals surface area (Å²) in [5.74, 6) is 3.15. The molecule has 7 nitrogen and oxygen atoms in total. The Hall–Kier alpha value is -3.29. The van der Waals surface area contributed by atoms with E-state index in [1.807, 2.05) is 48.5 Å². The van der Waals surface area contributed by atoms with Crippen LogP contribution in [-0.4, -0.2) is 39.9 Å². The van der Waals surface area contributed by atoms with Gasteiger partial charge in [-0.15, -0.1) is 0 Å². The molecule has 0 radical (unpaired) electrons. The number of carbonyl (C=O) groups excluding carboxylic acids is 1. The minimum absolute atomic E-state index is 0.0207. The highest BCUT2D eigenvalue weighted by Gasteiger charge is 2.69. The first-order chi connectivity index (χ1) is 20.3. The molecule has 42 heavy (non-hydrogen) atoms. The molecule has 7 saturated carbocycles. The molecule has 1 aromatic carbocycles. The Kier molecular flexibility index (Phi) is 5.87. The van der Waals surface area contributed by atoms with Gasteiger partial charge in [-0.25, -0.2) is 4.39 Å². The maximum absolute atomic E-state index is 14.4. The number of ether oxygens (including phenoxy) is 1. The molecule has 2 aromatic heterocycles. The standard InChI is InChI=1S/C34H39FN4O3/c1-2-41-27-7-5-23(6-8-27)25-15-26(18-36-17-25)39(28(40)16-32-19-34(35,20-32)21-32)22-31-9-12-33(13-10-31,14-11-31)30-37-29(38-42-30)24-3-4-24/h5-8,15,17-18,24H,2-4,9-14,16,19-22H2,1H3. The van der Waals surface area contributed by atoms with E-state index in [0.29, 0.717) is 44.8 Å². The quantitative estimate of drug-likeness (QED) is 0.254. The van der Waals surface area contributed by atoms with Crippen molar-refractivity contribution >= 4 is 11.6 Å². The third-order valence-electron chi connectivity index (χ3n) is 11.2. The van der Waals surface area contributed by atoms with Gasteiger partial charge in [-0.1, -0.05) is 17.3 Å². The molecule has 3 aromatic rings. The van der Waals surface area contributed by atoms with E-state index in [-0.39, 0.29) is 22.2 Å². The zero-order valence-corrected chi connectivity index (χ0v) is 24.4. The van der Waals surface area contributed by atoms with Gasteiger partial charge in [-0.2, -0.15) is 4.98 Å². The fraction of sp³-hybridized carbons (Fsp3) is 0.588. The van der Waals surface area contributed by atoms with Gasteiger partial charge in [0.05, 0.1) is 18.5 Å². The zero-order valence-electron chi connectivity index (χ0n) is 24.4. The minimum Gasteiger partial charge on any atom is -0.494 e. The van der Waals surface area contributed by atoms with Gasteiger partial charge in [0.2, 0.25) is 11.8 Å². The van der Waals surface area contributed by atoms with E-state index in [9.17, 15) is 9.18 Å². The first-order valence-electron chi connectivity index (χ1n) is 15.8. The van der Waals surface area contributed by atoms with Gasteiger partial charge in [0.15, 0.2) is 5.82 Å². The normalized spacial score (nSPS) is 32.6. The first kappa shape index (κ1) is 26.3. The van der Waals surface area contributed by atoms with Gasteiger partial charge < -0.3 is 14.2 Å². The molecule has 8 heteroatoms. The second kappa shape index (κ2) is 9.35. The maximum atomic E-state index is 14.4. The van der Waals surface area contributed by atoms with Crippen LogP contribution in [0.1, 0.15) is 102 Å². The fourth-order valence-corrected chi connectivity index (χ4v) is 8.55. The van der Waals surface area contributed by atoms with Gasteiger partial charge in [-0.05, 0) is 112 Å². The lowest BCUT2D eigenvalue weighted by Gasteiger charge is -2.66. The first-order valence-corrected chi connectivity index (χ1v) is 15.8. The van der Waals surface area contributed by atoms with E-state index >= 15 is 0 Å². The summed E-state index contributed by atoms with van der Waals surface area (Å²) in [5.41, 5.74) is 1.70. The number of fused-ring (bicyclic) bond motifs is 3. The number of hydrogen-bond acceptors (Lipinski definition) is 6. The molecule has 7 fully saturated rings.